The zero-order chi connectivity index (χ0) is 25.3. The number of aliphatic carboxylic acids is 1. The fourth-order valence-electron chi connectivity index (χ4n) is 4.13. The molecule has 188 valence electrons. The standard InChI is InChI=1S/C20H23ClN6O5S3/c1-26-5-2-3-10(26)8-33-6-4-9-7-34-18-13(17(29)27(18)14(9)19(30)31)23-16(28)12(25-32)11-15(21)35-20(22)24-11/h4,6,10,13,18,32H,2-3,5,7-8H2,1H3,(H2,22,24)(H,23,28)(H,30,31)/b6-4?,25-12-/t10-,13+,18+/m0/s1. The summed E-state index contributed by atoms with van der Waals surface area (Å²) in [5.74, 6) is -1.38. The van der Waals surface area contributed by atoms with Crippen LogP contribution in [0.2, 0.25) is 4.34 Å². The van der Waals surface area contributed by atoms with Crippen LogP contribution in [0.3, 0.4) is 0 Å². The first-order valence-electron chi connectivity index (χ1n) is 10.6. The number of hydrogen-bond donors (Lipinski definition) is 4. The molecule has 3 aliphatic rings. The van der Waals surface area contributed by atoms with Crippen LogP contribution in [0.15, 0.2) is 27.9 Å². The second-order valence-electron chi connectivity index (χ2n) is 8.08. The summed E-state index contributed by atoms with van der Waals surface area (Å²) in [5.41, 5.74) is 5.43. The predicted octanol–water partition coefficient (Wildman–Crippen LogP) is 1.64. The van der Waals surface area contributed by atoms with Crippen molar-refractivity contribution in [1.82, 2.24) is 20.1 Å². The smallest absolute Gasteiger partial charge is 0.352 e. The van der Waals surface area contributed by atoms with Gasteiger partial charge >= 0.3 is 5.97 Å². The highest BCUT2D eigenvalue weighted by Crippen LogP contribution is 2.41. The Labute approximate surface area is 218 Å². The monoisotopic (exact) mass is 558 g/mol. The number of nitrogen functional groups attached to an aromatic ring is 1. The number of anilines is 1. The number of likely N-dealkylation sites (tertiary alicyclic amines) is 1. The van der Waals surface area contributed by atoms with E-state index < -0.39 is 34.9 Å². The number of carboxylic acid groups (broad SMARTS) is 1. The van der Waals surface area contributed by atoms with Crippen LogP contribution in [0.25, 0.3) is 0 Å². The third-order valence-electron chi connectivity index (χ3n) is 5.95. The van der Waals surface area contributed by atoms with E-state index in [9.17, 15) is 24.7 Å². The van der Waals surface area contributed by atoms with E-state index in [0.29, 0.717) is 17.4 Å². The number of hydrogen-bond acceptors (Lipinski definition) is 11. The zero-order valence-corrected chi connectivity index (χ0v) is 21.7. The van der Waals surface area contributed by atoms with Gasteiger partial charge in [-0.3, -0.25) is 14.5 Å². The minimum atomic E-state index is -1.21. The lowest BCUT2D eigenvalue weighted by molar-refractivity contribution is -0.150. The lowest BCUT2D eigenvalue weighted by atomic mass is 10.0. The first kappa shape index (κ1) is 25.8. The Balaban J connectivity index is 1.43. The highest BCUT2D eigenvalue weighted by atomic mass is 35.5. The van der Waals surface area contributed by atoms with Crippen LogP contribution in [0, 0.1) is 0 Å². The molecular weight excluding hydrogens is 536 g/mol. The largest absolute Gasteiger partial charge is 0.477 e. The molecule has 5 N–H and O–H groups in total. The van der Waals surface area contributed by atoms with Gasteiger partial charge in [-0.05, 0) is 43.5 Å². The molecule has 11 nitrogen and oxygen atoms in total. The molecule has 0 saturated carbocycles. The number of thioether (sulfide) groups is 2. The SMILES string of the molecule is CN1CCC[C@H]1CSC=CC1=C(C(=O)O)N2C(=O)[C@@H](NC(=O)/C(=N\O)c3nc(N)sc3Cl)[C@H]2SC1. The van der Waals surface area contributed by atoms with Crippen molar-refractivity contribution in [2.75, 3.05) is 30.8 Å². The van der Waals surface area contributed by atoms with Gasteiger partial charge in [0.2, 0.25) is 0 Å². The van der Waals surface area contributed by atoms with Crippen molar-refractivity contribution in [2.24, 2.45) is 5.16 Å². The van der Waals surface area contributed by atoms with Crippen LogP contribution in [0.5, 0.6) is 0 Å². The fraction of sp³-hybridized carbons (Fsp3) is 0.450. The average molecular weight is 559 g/mol. The number of β-lactam (4-membered cyclic amide) rings is 1. The van der Waals surface area contributed by atoms with Gasteiger partial charge in [-0.2, -0.15) is 0 Å². The van der Waals surface area contributed by atoms with E-state index in [4.69, 9.17) is 17.3 Å². The van der Waals surface area contributed by atoms with Gasteiger partial charge < -0.3 is 26.3 Å². The van der Waals surface area contributed by atoms with E-state index in [0.717, 1.165) is 30.1 Å². The molecule has 0 aliphatic carbocycles. The number of nitrogens with one attached hydrogen (secondary N) is 1. The summed E-state index contributed by atoms with van der Waals surface area (Å²) >= 11 is 9.86. The van der Waals surface area contributed by atoms with Crippen molar-refractivity contribution < 1.29 is 24.7 Å². The molecule has 15 heteroatoms. The molecule has 4 rings (SSSR count). The number of carbonyl (C=O) groups excluding carboxylic acids is 2. The molecular formula is C20H23ClN6O5S3. The minimum absolute atomic E-state index is 0.0593. The molecule has 3 aliphatic heterocycles. The molecule has 35 heavy (non-hydrogen) atoms. The van der Waals surface area contributed by atoms with Crippen molar-refractivity contribution >= 4 is 75.1 Å². The lowest BCUT2D eigenvalue weighted by Crippen LogP contribution is -2.71. The molecule has 0 unspecified atom stereocenters. The minimum Gasteiger partial charge on any atom is -0.477 e. The number of allylic oxidation sites excluding steroid dienone is 1. The van der Waals surface area contributed by atoms with Crippen LogP contribution in [0.1, 0.15) is 18.5 Å². The van der Waals surface area contributed by atoms with Gasteiger partial charge in [0, 0.05) is 17.5 Å². The number of nitrogens with two attached hydrogens (primary N) is 1. The molecule has 1 aromatic rings. The van der Waals surface area contributed by atoms with Crippen molar-refractivity contribution in [1.29, 1.82) is 0 Å². The van der Waals surface area contributed by atoms with Crippen LogP contribution >= 0.6 is 46.5 Å². The highest BCUT2D eigenvalue weighted by Gasteiger charge is 2.54. The third kappa shape index (κ3) is 5.16. The van der Waals surface area contributed by atoms with Crippen molar-refractivity contribution in [3.8, 4) is 0 Å². The molecule has 2 saturated heterocycles. The Hall–Kier alpha value is -2.26. The van der Waals surface area contributed by atoms with Gasteiger partial charge in [0.1, 0.15) is 27.1 Å². The quantitative estimate of drug-likeness (QED) is 0.160. The number of fused-ring (bicyclic) bond motifs is 1. The molecule has 1 aromatic heterocycles. The van der Waals surface area contributed by atoms with Crippen molar-refractivity contribution in [3.63, 3.8) is 0 Å². The lowest BCUT2D eigenvalue weighted by Gasteiger charge is -2.49. The van der Waals surface area contributed by atoms with Crippen molar-refractivity contribution in [3.05, 3.63) is 32.8 Å². The maximum Gasteiger partial charge on any atom is 0.352 e. The predicted molar refractivity (Wildman–Crippen MR) is 137 cm³/mol. The number of nitrogens with zero attached hydrogens (tertiary/aromatic N) is 4. The first-order valence-corrected chi connectivity index (χ1v) is 13.9. The number of carbonyl (C=O) groups is 3. The van der Waals surface area contributed by atoms with Gasteiger partial charge in [0.15, 0.2) is 10.8 Å². The van der Waals surface area contributed by atoms with Gasteiger partial charge in [-0.1, -0.05) is 28.1 Å². The van der Waals surface area contributed by atoms with Crippen LogP contribution in [-0.2, 0) is 14.4 Å². The second-order valence-corrected chi connectivity index (χ2v) is 11.8. The first-order chi connectivity index (χ1) is 16.7. The molecule has 0 aromatic carbocycles. The molecule has 0 bridgehead atoms. The zero-order valence-electron chi connectivity index (χ0n) is 18.5. The van der Waals surface area contributed by atoms with Gasteiger partial charge in [-0.25, -0.2) is 9.78 Å². The summed E-state index contributed by atoms with van der Waals surface area (Å²) in [5, 5.41) is 25.9. The summed E-state index contributed by atoms with van der Waals surface area (Å²) in [7, 11) is 2.10. The Bertz CT molecular complexity index is 1140. The Morgan fingerprint density at radius 3 is 2.83 bits per heavy atom. The number of rotatable bonds is 8. The average Bonchev–Trinajstić information content (AvgIpc) is 3.38. The normalized spacial score (nSPS) is 25.2. The molecule has 4 heterocycles. The summed E-state index contributed by atoms with van der Waals surface area (Å²) in [6, 6.07) is -0.488. The fourth-order valence-corrected chi connectivity index (χ4v) is 7.39. The third-order valence-corrected chi connectivity index (χ3v) is 9.25. The van der Waals surface area contributed by atoms with Gasteiger partial charge in [0.25, 0.3) is 11.8 Å². The van der Waals surface area contributed by atoms with Crippen LogP contribution in [-0.4, -0.2) is 91.1 Å². The number of aromatic nitrogens is 1. The number of thiazole rings is 1. The van der Waals surface area contributed by atoms with E-state index in [-0.39, 0.29) is 20.9 Å². The van der Waals surface area contributed by atoms with E-state index >= 15 is 0 Å². The topological polar surface area (TPSA) is 161 Å². The number of carboxylic acids is 1. The second kappa shape index (κ2) is 10.8. The summed E-state index contributed by atoms with van der Waals surface area (Å²) in [6.45, 7) is 1.09. The summed E-state index contributed by atoms with van der Waals surface area (Å²) in [4.78, 5) is 44.9. The van der Waals surface area contributed by atoms with Crippen molar-refractivity contribution in [2.45, 2.75) is 30.3 Å². The Morgan fingerprint density at radius 1 is 1.46 bits per heavy atom. The molecule has 2 amide bonds. The highest BCUT2D eigenvalue weighted by molar-refractivity contribution is 8.02. The molecule has 0 spiro atoms. The van der Waals surface area contributed by atoms with Gasteiger partial charge in [-0.15, -0.1) is 23.5 Å². The summed E-state index contributed by atoms with van der Waals surface area (Å²) < 4.78 is 0.0593. The molecule has 3 atom stereocenters. The number of amides is 2. The van der Waals surface area contributed by atoms with Gasteiger partial charge in [0.05, 0.1) is 0 Å². The van der Waals surface area contributed by atoms with E-state index in [1.807, 2.05) is 5.41 Å². The summed E-state index contributed by atoms with van der Waals surface area (Å²) in [6.07, 6.45) is 4.08. The van der Waals surface area contributed by atoms with Crippen LogP contribution < -0.4 is 11.1 Å². The van der Waals surface area contributed by atoms with E-state index in [2.05, 4.69) is 27.4 Å². The maximum absolute atomic E-state index is 12.9. The Morgan fingerprint density at radius 2 is 2.23 bits per heavy atom. The Kier molecular flexibility index (Phi) is 7.96. The van der Waals surface area contributed by atoms with Crippen LogP contribution in [0.4, 0.5) is 5.13 Å². The van der Waals surface area contributed by atoms with E-state index in [1.54, 1.807) is 17.8 Å². The maximum atomic E-state index is 12.9. The van der Waals surface area contributed by atoms with E-state index in [1.165, 1.54) is 23.1 Å². The number of halogens is 1. The molecule has 0 radical (unpaired) electrons. The molecule has 2 fully saturated rings. The number of oxime groups is 1.